The maximum atomic E-state index is 13.6. The summed E-state index contributed by atoms with van der Waals surface area (Å²) in [6.45, 7) is 7.93. The minimum atomic E-state index is -1.15. The van der Waals surface area contributed by atoms with Crippen LogP contribution in [-0.4, -0.2) is 102 Å². The molecule has 2 aromatic rings. The highest BCUT2D eigenvalue weighted by atomic mass is 16.6. The number of piperazine rings is 1. The number of aryl methyl sites for hydroxylation is 1. The third-order valence-corrected chi connectivity index (χ3v) is 9.04. The van der Waals surface area contributed by atoms with Crippen molar-refractivity contribution in [3.05, 3.63) is 51.2 Å². The van der Waals surface area contributed by atoms with E-state index in [1.54, 1.807) is 9.80 Å². The number of hydrogen-bond acceptors (Lipinski definition) is 11. The minimum Gasteiger partial charge on any atom is -0.468 e. The van der Waals surface area contributed by atoms with Crippen molar-refractivity contribution >= 4 is 23.6 Å². The van der Waals surface area contributed by atoms with Crippen LogP contribution in [0.25, 0.3) is 0 Å². The molecule has 2 saturated heterocycles. The summed E-state index contributed by atoms with van der Waals surface area (Å²) in [4.78, 5) is 53.5. The van der Waals surface area contributed by atoms with Crippen molar-refractivity contribution in [3.63, 3.8) is 0 Å². The molecule has 0 radical (unpaired) electrons. The Bertz CT molecular complexity index is 1420. The normalized spacial score (nSPS) is 22.1. The molecular weight excluding hydrogens is 580 g/mol. The third kappa shape index (κ3) is 6.98. The van der Waals surface area contributed by atoms with E-state index in [1.165, 1.54) is 7.11 Å². The first kappa shape index (κ1) is 32.4. The molecule has 5 rings (SSSR count). The van der Waals surface area contributed by atoms with Crippen molar-refractivity contribution in [2.24, 2.45) is 0 Å². The number of likely N-dealkylation sites (tertiary alicyclic amines) is 1. The van der Waals surface area contributed by atoms with Crippen LogP contribution >= 0.6 is 0 Å². The Morgan fingerprint density at radius 1 is 1.09 bits per heavy atom. The Hall–Kier alpha value is -4.00. The fourth-order valence-corrected chi connectivity index (χ4v) is 6.72. The van der Waals surface area contributed by atoms with Gasteiger partial charge in [0.1, 0.15) is 17.9 Å². The van der Waals surface area contributed by atoms with Crippen LogP contribution in [0.3, 0.4) is 0 Å². The largest absolute Gasteiger partial charge is 0.468 e. The molecule has 2 aliphatic heterocycles. The van der Waals surface area contributed by atoms with E-state index >= 15 is 0 Å². The minimum absolute atomic E-state index is 0.0320. The molecule has 2 atom stereocenters. The molecule has 2 fully saturated rings. The Kier molecular flexibility index (Phi) is 9.47. The molecule has 1 aromatic carbocycles. The number of nitro groups is 1. The van der Waals surface area contributed by atoms with Crippen molar-refractivity contribution in [2.45, 2.75) is 76.4 Å². The monoisotopic (exact) mass is 624 g/mol. The molecule has 0 saturated carbocycles. The van der Waals surface area contributed by atoms with Crippen LogP contribution in [0.5, 0.6) is 6.01 Å². The van der Waals surface area contributed by atoms with E-state index in [1.807, 2.05) is 52.1 Å². The fourth-order valence-electron chi connectivity index (χ4n) is 6.72. The first-order valence-corrected chi connectivity index (χ1v) is 15.7. The van der Waals surface area contributed by atoms with Gasteiger partial charge in [-0.2, -0.15) is 9.97 Å². The number of carbonyl (C=O) groups excluding carboxylic acids is 2. The molecule has 0 bridgehead atoms. The molecule has 0 N–H and O–H groups in total. The molecule has 1 aromatic heterocycles. The van der Waals surface area contributed by atoms with E-state index in [9.17, 15) is 19.7 Å². The van der Waals surface area contributed by atoms with E-state index in [4.69, 9.17) is 14.2 Å². The molecule has 2 unspecified atom stereocenters. The molecule has 1 amide bonds. The van der Waals surface area contributed by atoms with Crippen LogP contribution in [0.2, 0.25) is 0 Å². The second kappa shape index (κ2) is 13.2. The summed E-state index contributed by atoms with van der Waals surface area (Å²) in [6, 6.07) is 7.91. The average molecular weight is 625 g/mol. The molecule has 45 heavy (non-hydrogen) atoms. The topological polar surface area (TPSA) is 140 Å². The highest BCUT2D eigenvalue weighted by Gasteiger charge is 2.47. The lowest BCUT2D eigenvalue weighted by molar-refractivity contribution is -0.385. The van der Waals surface area contributed by atoms with Gasteiger partial charge in [-0.1, -0.05) is 24.3 Å². The van der Waals surface area contributed by atoms with Gasteiger partial charge < -0.3 is 28.9 Å². The number of methoxy groups -OCH3 is 1. The predicted molar refractivity (Wildman–Crippen MR) is 167 cm³/mol. The molecular formula is C32H44N6O7. The van der Waals surface area contributed by atoms with Gasteiger partial charge in [0.25, 0.3) is 0 Å². The standard InChI is InChI=1S/C32H44N6O7/c1-31(2,3)45-30(40)37-18-16-36(17-19-37)27-26(38(41)42)25(33-29(34-27)44-21-23-12-9-15-35(23)4)20-32(28(39)43-5)14-8-11-22-10-6-7-13-24(22)32/h6-7,10,13,23H,8-9,11-12,14-21H2,1-5H3. The van der Waals surface area contributed by atoms with Crippen molar-refractivity contribution in [1.29, 1.82) is 0 Å². The molecule has 244 valence electrons. The molecule has 3 heterocycles. The molecule has 13 nitrogen and oxygen atoms in total. The van der Waals surface area contributed by atoms with Crippen molar-refractivity contribution in [3.8, 4) is 6.01 Å². The maximum Gasteiger partial charge on any atom is 0.410 e. The first-order chi connectivity index (χ1) is 21.4. The number of anilines is 1. The number of ether oxygens (including phenoxy) is 3. The summed E-state index contributed by atoms with van der Waals surface area (Å²) < 4.78 is 17.0. The number of rotatable bonds is 8. The number of amides is 1. The summed E-state index contributed by atoms with van der Waals surface area (Å²) in [7, 11) is 3.39. The molecule has 0 spiro atoms. The second-order valence-electron chi connectivity index (χ2n) is 13.2. The number of carbonyl (C=O) groups is 2. The van der Waals surface area contributed by atoms with E-state index in [2.05, 4.69) is 14.9 Å². The summed E-state index contributed by atoms with van der Waals surface area (Å²) in [6.07, 6.45) is 3.55. The maximum absolute atomic E-state index is 13.6. The number of nitrogens with zero attached hydrogens (tertiary/aromatic N) is 6. The van der Waals surface area contributed by atoms with Gasteiger partial charge >= 0.3 is 23.8 Å². The summed E-state index contributed by atoms with van der Waals surface area (Å²) in [5.41, 5.74) is -0.114. The average Bonchev–Trinajstić information content (AvgIpc) is 3.42. The lowest BCUT2D eigenvalue weighted by Crippen LogP contribution is -2.50. The zero-order chi connectivity index (χ0) is 32.4. The first-order valence-electron chi connectivity index (χ1n) is 15.7. The lowest BCUT2D eigenvalue weighted by atomic mass is 9.67. The van der Waals surface area contributed by atoms with Gasteiger partial charge in [0.15, 0.2) is 0 Å². The number of hydrogen-bond donors (Lipinski definition) is 0. The molecule has 3 aliphatic rings. The van der Waals surface area contributed by atoms with Gasteiger partial charge in [-0.15, -0.1) is 0 Å². The van der Waals surface area contributed by atoms with E-state index in [-0.39, 0.29) is 35.7 Å². The Morgan fingerprint density at radius 2 is 1.82 bits per heavy atom. The quantitative estimate of drug-likeness (QED) is 0.240. The van der Waals surface area contributed by atoms with E-state index in [0.717, 1.165) is 43.4 Å². The van der Waals surface area contributed by atoms with E-state index < -0.39 is 28.0 Å². The number of esters is 1. The number of fused-ring (bicyclic) bond motifs is 1. The molecule has 13 heteroatoms. The Morgan fingerprint density at radius 3 is 2.47 bits per heavy atom. The smallest absolute Gasteiger partial charge is 0.410 e. The highest BCUT2D eigenvalue weighted by Crippen LogP contribution is 2.44. The van der Waals surface area contributed by atoms with Crippen molar-refractivity contribution in [1.82, 2.24) is 19.8 Å². The zero-order valence-electron chi connectivity index (χ0n) is 26.9. The third-order valence-electron chi connectivity index (χ3n) is 9.04. The molecule has 1 aliphatic carbocycles. The predicted octanol–water partition coefficient (Wildman–Crippen LogP) is 3.90. The number of likely N-dealkylation sites (N-methyl/N-ethyl adjacent to an activating group) is 1. The van der Waals surface area contributed by atoms with Gasteiger partial charge in [0, 0.05) is 38.6 Å². The van der Waals surface area contributed by atoms with Crippen LogP contribution in [0, 0.1) is 10.1 Å². The summed E-state index contributed by atoms with van der Waals surface area (Å²) in [5.74, 6) is -0.335. The van der Waals surface area contributed by atoms with Crippen LogP contribution in [-0.2, 0) is 32.5 Å². The fraction of sp³-hybridized carbons (Fsp3) is 0.625. The van der Waals surface area contributed by atoms with Crippen LogP contribution in [0.15, 0.2) is 24.3 Å². The van der Waals surface area contributed by atoms with Gasteiger partial charge in [-0.3, -0.25) is 14.9 Å². The van der Waals surface area contributed by atoms with Gasteiger partial charge in [-0.25, -0.2) is 4.79 Å². The lowest BCUT2D eigenvalue weighted by Gasteiger charge is -2.37. The van der Waals surface area contributed by atoms with Crippen molar-refractivity contribution < 1.29 is 28.7 Å². The van der Waals surface area contributed by atoms with Crippen molar-refractivity contribution in [2.75, 3.05) is 58.4 Å². The SMILES string of the molecule is COC(=O)C1(Cc2nc(OCC3CCCN3C)nc(N3CCN(C(=O)OC(C)(C)C)CC3)c2[N+](=O)[O-])CCCc2ccccc21. The number of aromatic nitrogens is 2. The zero-order valence-corrected chi connectivity index (χ0v) is 26.9. The van der Waals surface area contributed by atoms with Crippen LogP contribution in [0.4, 0.5) is 16.3 Å². The van der Waals surface area contributed by atoms with Crippen LogP contribution < -0.4 is 9.64 Å². The number of benzene rings is 1. The van der Waals surface area contributed by atoms with Gasteiger partial charge in [0.05, 0.1) is 17.4 Å². The Balaban J connectivity index is 1.53. The van der Waals surface area contributed by atoms with Crippen LogP contribution in [0.1, 0.15) is 63.3 Å². The van der Waals surface area contributed by atoms with E-state index in [0.29, 0.717) is 39.2 Å². The van der Waals surface area contributed by atoms with Gasteiger partial charge in [0.2, 0.25) is 5.82 Å². The van der Waals surface area contributed by atoms with Gasteiger partial charge in [-0.05, 0) is 77.6 Å². The second-order valence-corrected chi connectivity index (χ2v) is 13.2. The summed E-state index contributed by atoms with van der Waals surface area (Å²) in [5, 5.41) is 12.8. The highest BCUT2D eigenvalue weighted by molar-refractivity contribution is 5.85. The Labute approximate surface area is 264 Å². The summed E-state index contributed by atoms with van der Waals surface area (Å²) >= 11 is 0.